The largest absolute Gasteiger partial charge is 0.497 e. The van der Waals surface area contributed by atoms with E-state index in [2.05, 4.69) is 36.5 Å². The van der Waals surface area contributed by atoms with E-state index in [1.165, 1.54) is 12.5 Å². The van der Waals surface area contributed by atoms with Gasteiger partial charge in [-0.25, -0.2) is 0 Å². The standard InChI is InChI=1S/C16H17NO2S/c1-11-4-7-14(8-5-11)20-16-10-13(19-3)6-9-15(16)17-12(2)18/h4-10H,1-3H3,(H,17,18). The summed E-state index contributed by atoms with van der Waals surface area (Å²) in [7, 11) is 1.63. The third-order valence-corrected chi connectivity index (χ3v) is 3.81. The van der Waals surface area contributed by atoms with Gasteiger partial charge in [0.2, 0.25) is 5.91 Å². The van der Waals surface area contributed by atoms with Crippen LogP contribution in [0.15, 0.2) is 52.3 Å². The van der Waals surface area contributed by atoms with Crippen molar-refractivity contribution in [1.82, 2.24) is 0 Å². The molecule has 0 fully saturated rings. The van der Waals surface area contributed by atoms with E-state index in [4.69, 9.17) is 4.74 Å². The van der Waals surface area contributed by atoms with Crippen LogP contribution in [0.3, 0.4) is 0 Å². The molecule has 0 aliphatic carbocycles. The molecule has 0 aliphatic rings. The lowest BCUT2D eigenvalue weighted by atomic mass is 10.2. The van der Waals surface area contributed by atoms with Gasteiger partial charge in [-0.2, -0.15) is 0 Å². The first kappa shape index (κ1) is 14.5. The van der Waals surface area contributed by atoms with Crippen molar-refractivity contribution in [2.45, 2.75) is 23.6 Å². The van der Waals surface area contributed by atoms with Crippen molar-refractivity contribution in [3.05, 3.63) is 48.0 Å². The molecular weight excluding hydrogens is 270 g/mol. The molecule has 2 aromatic rings. The van der Waals surface area contributed by atoms with Crippen molar-refractivity contribution in [2.24, 2.45) is 0 Å². The van der Waals surface area contributed by atoms with E-state index in [9.17, 15) is 4.79 Å². The molecule has 0 spiro atoms. The zero-order valence-electron chi connectivity index (χ0n) is 11.8. The molecule has 0 aromatic heterocycles. The van der Waals surface area contributed by atoms with Crippen molar-refractivity contribution in [3.8, 4) is 5.75 Å². The van der Waals surface area contributed by atoms with Crippen molar-refractivity contribution >= 4 is 23.4 Å². The summed E-state index contributed by atoms with van der Waals surface area (Å²) in [4.78, 5) is 13.3. The molecule has 0 unspecified atom stereocenters. The van der Waals surface area contributed by atoms with Crippen LogP contribution < -0.4 is 10.1 Å². The first-order valence-corrected chi connectivity index (χ1v) is 7.10. The second-order valence-corrected chi connectivity index (χ2v) is 5.57. The highest BCUT2D eigenvalue weighted by atomic mass is 32.2. The number of ether oxygens (including phenoxy) is 1. The van der Waals surface area contributed by atoms with Gasteiger partial charge in [0.15, 0.2) is 0 Å². The Morgan fingerprint density at radius 1 is 1.15 bits per heavy atom. The fourth-order valence-electron chi connectivity index (χ4n) is 1.74. The second kappa shape index (κ2) is 6.48. The summed E-state index contributed by atoms with van der Waals surface area (Å²) in [6.45, 7) is 3.56. The van der Waals surface area contributed by atoms with Gasteiger partial charge in [-0.1, -0.05) is 29.5 Å². The number of carbonyl (C=O) groups is 1. The molecule has 0 bridgehead atoms. The topological polar surface area (TPSA) is 38.3 Å². The van der Waals surface area contributed by atoms with E-state index in [0.717, 1.165) is 21.2 Å². The Kier molecular flexibility index (Phi) is 4.69. The average Bonchev–Trinajstić information content (AvgIpc) is 2.42. The van der Waals surface area contributed by atoms with E-state index in [-0.39, 0.29) is 5.91 Å². The minimum atomic E-state index is -0.0825. The van der Waals surface area contributed by atoms with Crippen LogP contribution in [0, 0.1) is 6.92 Å². The van der Waals surface area contributed by atoms with E-state index in [1.54, 1.807) is 18.9 Å². The summed E-state index contributed by atoms with van der Waals surface area (Å²) < 4.78 is 5.25. The number of carbonyl (C=O) groups excluding carboxylic acids is 1. The van der Waals surface area contributed by atoms with E-state index < -0.39 is 0 Å². The first-order valence-electron chi connectivity index (χ1n) is 6.28. The molecule has 2 rings (SSSR count). The van der Waals surface area contributed by atoms with Crippen LogP contribution in [0.2, 0.25) is 0 Å². The van der Waals surface area contributed by atoms with Crippen LogP contribution in [-0.4, -0.2) is 13.0 Å². The Labute approximate surface area is 123 Å². The van der Waals surface area contributed by atoms with Gasteiger partial charge in [-0.3, -0.25) is 4.79 Å². The minimum absolute atomic E-state index is 0.0825. The number of anilines is 1. The molecule has 4 heteroatoms. The number of amides is 1. The smallest absolute Gasteiger partial charge is 0.221 e. The normalized spacial score (nSPS) is 10.2. The van der Waals surface area contributed by atoms with Crippen LogP contribution in [0.4, 0.5) is 5.69 Å². The zero-order chi connectivity index (χ0) is 14.5. The Balaban J connectivity index is 2.31. The molecule has 20 heavy (non-hydrogen) atoms. The lowest BCUT2D eigenvalue weighted by molar-refractivity contribution is -0.114. The molecule has 1 amide bonds. The van der Waals surface area contributed by atoms with Crippen molar-refractivity contribution in [3.63, 3.8) is 0 Å². The molecule has 0 atom stereocenters. The van der Waals surface area contributed by atoms with Gasteiger partial charge in [0.05, 0.1) is 12.8 Å². The summed E-state index contributed by atoms with van der Waals surface area (Å²) in [5.41, 5.74) is 2.02. The average molecular weight is 287 g/mol. The van der Waals surface area contributed by atoms with E-state index >= 15 is 0 Å². The minimum Gasteiger partial charge on any atom is -0.497 e. The third-order valence-electron chi connectivity index (χ3n) is 2.75. The molecular formula is C16H17NO2S. The summed E-state index contributed by atoms with van der Waals surface area (Å²) in [5.74, 6) is 0.689. The molecule has 0 heterocycles. The van der Waals surface area contributed by atoms with Gasteiger partial charge in [0.25, 0.3) is 0 Å². The maximum Gasteiger partial charge on any atom is 0.221 e. The Morgan fingerprint density at radius 3 is 2.45 bits per heavy atom. The maximum atomic E-state index is 11.3. The van der Waals surface area contributed by atoms with E-state index in [1.807, 2.05) is 18.2 Å². The fourth-order valence-corrected chi connectivity index (χ4v) is 2.67. The summed E-state index contributed by atoms with van der Waals surface area (Å²) in [6, 6.07) is 13.9. The van der Waals surface area contributed by atoms with Gasteiger partial charge >= 0.3 is 0 Å². The van der Waals surface area contributed by atoms with Crippen molar-refractivity contribution in [2.75, 3.05) is 12.4 Å². The number of methoxy groups -OCH3 is 1. The Hall–Kier alpha value is -1.94. The lowest BCUT2D eigenvalue weighted by Crippen LogP contribution is -2.06. The number of nitrogens with one attached hydrogen (secondary N) is 1. The maximum absolute atomic E-state index is 11.3. The SMILES string of the molecule is COc1ccc(NC(C)=O)c(Sc2ccc(C)cc2)c1. The van der Waals surface area contributed by atoms with Crippen LogP contribution in [-0.2, 0) is 4.79 Å². The van der Waals surface area contributed by atoms with E-state index in [0.29, 0.717) is 0 Å². The molecule has 2 aromatic carbocycles. The third kappa shape index (κ3) is 3.78. The Morgan fingerprint density at radius 2 is 1.85 bits per heavy atom. The van der Waals surface area contributed by atoms with Gasteiger partial charge in [-0.05, 0) is 37.3 Å². The van der Waals surface area contributed by atoms with Gasteiger partial charge < -0.3 is 10.1 Å². The molecule has 0 aliphatic heterocycles. The van der Waals surface area contributed by atoms with Crippen molar-refractivity contribution in [1.29, 1.82) is 0 Å². The molecule has 3 nitrogen and oxygen atoms in total. The van der Waals surface area contributed by atoms with Crippen molar-refractivity contribution < 1.29 is 9.53 Å². The molecule has 0 saturated heterocycles. The quantitative estimate of drug-likeness (QED) is 0.919. The lowest BCUT2D eigenvalue weighted by Gasteiger charge is -2.11. The monoisotopic (exact) mass is 287 g/mol. The predicted molar refractivity (Wildman–Crippen MR) is 82.6 cm³/mol. The van der Waals surface area contributed by atoms with Gasteiger partial charge in [0, 0.05) is 16.7 Å². The first-order chi connectivity index (χ1) is 9.58. The Bertz CT molecular complexity index is 608. The molecule has 0 saturated carbocycles. The molecule has 1 N–H and O–H groups in total. The fraction of sp³-hybridized carbons (Fsp3) is 0.188. The van der Waals surface area contributed by atoms with Crippen LogP contribution in [0.1, 0.15) is 12.5 Å². The highest BCUT2D eigenvalue weighted by molar-refractivity contribution is 7.99. The number of rotatable bonds is 4. The highest BCUT2D eigenvalue weighted by Gasteiger charge is 2.08. The predicted octanol–water partition coefficient (Wildman–Crippen LogP) is 4.11. The second-order valence-electron chi connectivity index (χ2n) is 4.46. The summed E-state index contributed by atoms with van der Waals surface area (Å²) in [6.07, 6.45) is 0. The summed E-state index contributed by atoms with van der Waals surface area (Å²) >= 11 is 1.60. The van der Waals surface area contributed by atoms with Gasteiger partial charge in [-0.15, -0.1) is 0 Å². The van der Waals surface area contributed by atoms with Crippen LogP contribution in [0.5, 0.6) is 5.75 Å². The number of aryl methyl sites for hydroxylation is 1. The number of benzene rings is 2. The number of hydrogen-bond acceptors (Lipinski definition) is 3. The molecule has 0 radical (unpaired) electrons. The highest BCUT2D eigenvalue weighted by Crippen LogP contribution is 2.36. The van der Waals surface area contributed by atoms with Crippen LogP contribution >= 0.6 is 11.8 Å². The van der Waals surface area contributed by atoms with Gasteiger partial charge in [0.1, 0.15) is 5.75 Å². The van der Waals surface area contributed by atoms with Crippen LogP contribution in [0.25, 0.3) is 0 Å². The number of hydrogen-bond donors (Lipinski definition) is 1. The summed E-state index contributed by atoms with van der Waals surface area (Å²) in [5, 5.41) is 2.84. The molecule has 104 valence electrons. The zero-order valence-corrected chi connectivity index (χ0v) is 12.6.